The van der Waals surface area contributed by atoms with E-state index in [2.05, 4.69) is 33.4 Å². The Balaban J connectivity index is 2.12. The van der Waals surface area contributed by atoms with Crippen molar-refractivity contribution in [3.63, 3.8) is 0 Å². The molecular formula is C15H15BrClNO. The van der Waals surface area contributed by atoms with E-state index in [1.54, 1.807) is 7.11 Å². The minimum Gasteiger partial charge on any atom is -0.380 e. The van der Waals surface area contributed by atoms with E-state index in [-0.39, 0.29) is 0 Å². The van der Waals surface area contributed by atoms with Crippen LogP contribution in [0.5, 0.6) is 0 Å². The molecule has 1 N–H and O–H groups in total. The molecule has 0 atom stereocenters. The molecule has 19 heavy (non-hydrogen) atoms. The molecule has 2 nitrogen and oxygen atoms in total. The van der Waals surface area contributed by atoms with E-state index in [1.807, 2.05) is 30.3 Å². The van der Waals surface area contributed by atoms with Crippen LogP contribution in [-0.2, 0) is 17.9 Å². The van der Waals surface area contributed by atoms with Crippen molar-refractivity contribution in [1.29, 1.82) is 0 Å². The number of benzene rings is 2. The molecule has 0 radical (unpaired) electrons. The van der Waals surface area contributed by atoms with Crippen LogP contribution in [0.4, 0.5) is 5.69 Å². The van der Waals surface area contributed by atoms with E-state index in [0.717, 1.165) is 21.7 Å². The fourth-order valence-electron chi connectivity index (χ4n) is 1.85. The summed E-state index contributed by atoms with van der Waals surface area (Å²) in [6, 6.07) is 13.9. The molecular weight excluding hydrogens is 326 g/mol. The van der Waals surface area contributed by atoms with E-state index < -0.39 is 0 Å². The number of hydrogen-bond donors (Lipinski definition) is 1. The lowest BCUT2D eigenvalue weighted by atomic mass is 10.1. The van der Waals surface area contributed by atoms with Crippen molar-refractivity contribution in [3.05, 3.63) is 63.1 Å². The van der Waals surface area contributed by atoms with Crippen LogP contribution in [0.3, 0.4) is 0 Å². The predicted octanol–water partition coefficient (Wildman–Crippen LogP) is 4.86. The summed E-state index contributed by atoms with van der Waals surface area (Å²) in [7, 11) is 1.71. The maximum atomic E-state index is 6.00. The highest BCUT2D eigenvalue weighted by Gasteiger charge is 2.04. The Kier molecular flexibility index (Phi) is 5.25. The largest absolute Gasteiger partial charge is 0.380 e. The quantitative estimate of drug-likeness (QED) is 0.839. The van der Waals surface area contributed by atoms with Crippen LogP contribution >= 0.6 is 27.5 Å². The van der Waals surface area contributed by atoms with Crippen molar-refractivity contribution in [2.75, 3.05) is 12.4 Å². The van der Waals surface area contributed by atoms with Crippen LogP contribution in [-0.4, -0.2) is 7.11 Å². The average molecular weight is 341 g/mol. The fourth-order valence-corrected chi connectivity index (χ4v) is 2.41. The van der Waals surface area contributed by atoms with Crippen molar-refractivity contribution >= 4 is 33.2 Å². The lowest BCUT2D eigenvalue weighted by molar-refractivity contribution is 0.184. The average Bonchev–Trinajstić information content (AvgIpc) is 2.42. The minimum absolute atomic E-state index is 0.620. The summed E-state index contributed by atoms with van der Waals surface area (Å²) < 4.78 is 6.21. The summed E-state index contributed by atoms with van der Waals surface area (Å²) in [5.41, 5.74) is 3.39. The van der Waals surface area contributed by atoms with Gasteiger partial charge in [-0.05, 0) is 45.3 Å². The molecule has 100 valence electrons. The second-order valence-electron chi connectivity index (χ2n) is 4.18. The van der Waals surface area contributed by atoms with Gasteiger partial charge >= 0.3 is 0 Å². The van der Waals surface area contributed by atoms with E-state index >= 15 is 0 Å². The molecule has 2 rings (SSSR count). The summed E-state index contributed by atoms with van der Waals surface area (Å²) in [6.07, 6.45) is 0. The van der Waals surface area contributed by atoms with Gasteiger partial charge in [0, 0.05) is 23.1 Å². The van der Waals surface area contributed by atoms with Crippen molar-refractivity contribution < 1.29 is 4.74 Å². The van der Waals surface area contributed by atoms with Gasteiger partial charge in [0.15, 0.2) is 0 Å². The third-order valence-corrected chi connectivity index (χ3v) is 3.74. The topological polar surface area (TPSA) is 21.3 Å². The molecule has 0 unspecified atom stereocenters. The highest BCUT2D eigenvalue weighted by Crippen LogP contribution is 2.26. The van der Waals surface area contributed by atoms with Gasteiger partial charge in [-0.1, -0.05) is 35.9 Å². The van der Waals surface area contributed by atoms with Gasteiger partial charge in [-0.3, -0.25) is 0 Å². The summed E-state index contributed by atoms with van der Waals surface area (Å²) in [5, 5.41) is 4.10. The summed E-state index contributed by atoms with van der Waals surface area (Å²) in [5.74, 6) is 0. The Labute approximate surface area is 126 Å². The van der Waals surface area contributed by atoms with Gasteiger partial charge in [0.05, 0.1) is 12.3 Å². The number of nitrogens with one attached hydrogen (secondary N) is 1. The lowest BCUT2D eigenvalue weighted by Crippen LogP contribution is -2.04. The Morgan fingerprint density at radius 2 is 1.89 bits per heavy atom. The number of halogens is 2. The van der Waals surface area contributed by atoms with Crippen molar-refractivity contribution in [1.82, 2.24) is 0 Å². The third kappa shape index (κ3) is 3.96. The van der Waals surface area contributed by atoms with Gasteiger partial charge in [-0.25, -0.2) is 0 Å². The highest BCUT2D eigenvalue weighted by atomic mass is 79.9. The zero-order valence-electron chi connectivity index (χ0n) is 10.6. The maximum Gasteiger partial charge on any atom is 0.0716 e. The van der Waals surface area contributed by atoms with Crippen LogP contribution in [0, 0.1) is 0 Å². The smallest absolute Gasteiger partial charge is 0.0716 e. The number of anilines is 1. The van der Waals surface area contributed by atoms with Gasteiger partial charge < -0.3 is 10.1 Å². The zero-order valence-corrected chi connectivity index (χ0v) is 13.0. The van der Waals surface area contributed by atoms with E-state index in [1.165, 1.54) is 11.1 Å². The van der Waals surface area contributed by atoms with Crippen LogP contribution in [0.1, 0.15) is 11.1 Å². The van der Waals surface area contributed by atoms with Gasteiger partial charge in [-0.15, -0.1) is 0 Å². The Hall–Kier alpha value is -1.03. The molecule has 0 fully saturated rings. The third-order valence-electron chi connectivity index (χ3n) is 2.82. The summed E-state index contributed by atoms with van der Waals surface area (Å²) in [4.78, 5) is 0. The van der Waals surface area contributed by atoms with Crippen molar-refractivity contribution in [2.45, 2.75) is 13.2 Å². The van der Waals surface area contributed by atoms with Crippen LogP contribution in [0.2, 0.25) is 5.02 Å². The molecule has 0 aliphatic heterocycles. The molecule has 0 aliphatic rings. The summed E-state index contributed by atoms with van der Waals surface area (Å²) in [6.45, 7) is 1.35. The maximum absolute atomic E-state index is 6.00. The highest BCUT2D eigenvalue weighted by molar-refractivity contribution is 9.10. The number of rotatable bonds is 5. The number of hydrogen-bond acceptors (Lipinski definition) is 2. The lowest BCUT2D eigenvalue weighted by Gasteiger charge is -2.12. The molecule has 4 heteroatoms. The first-order valence-corrected chi connectivity index (χ1v) is 7.12. The Bertz CT molecular complexity index is 560. The number of methoxy groups -OCH3 is 1. The second-order valence-corrected chi connectivity index (χ2v) is 5.47. The first kappa shape index (κ1) is 14.4. The second kappa shape index (κ2) is 6.94. The standard InChI is InChI=1S/C15H15BrClNO/c1-19-10-12-5-3-2-4-11(12)9-18-15-8-13(17)6-7-14(15)16/h2-8,18H,9-10H2,1H3. The monoisotopic (exact) mass is 339 g/mol. The zero-order chi connectivity index (χ0) is 13.7. The Morgan fingerprint density at radius 3 is 2.63 bits per heavy atom. The first-order chi connectivity index (χ1) is 9.20. The fraction of sp³-hybridized carbons (Fsp3) is 0.200. The molecule has 0 aliphatic carbocycles. The van der Waals surface area contributed by atoms with Gasteiger partial charge in [-0.2, -0.15) is 0 Å². The SMILES string of the molecule is COCc1ccccc1CNc1cc(Cl)ccc1Br. The molecule has 0 bridgehead atoms. The van der Waals surface area contributed by atoms with Crippen LogP contribution < -0.4 is 5.32 Å². The van der Waals surface area contributed by atoms with Gasteiger partial charge in [0.25, 0.3) is 0 Å². The van der Waals surface area contributed by atoms with E-state index in [9.17, 15) is 0 Å². The normalized spacial score (nSPS) is 10.5. The minimum atomic E-state index is 0.620. The molecule has 0 heterocycles. The van der Waals surface area contributed by atoms with Gasteiger partial charge in [0.2, 0.25) is 0 Å². The summed E-state index contributed by atoms with van der Waals surface area (Å²) >= 11 is 9.51. The Morgan fingerprint density at radius 1 is 1.16 bits per heavy atom. The molecule has 0 saturated heterocycles. The first-order valence-electron chi connectivity index (χ1n) is 5.95. The molecule has 0 saturated carbocycles. The number of ether oxygens (including phenoxy) is 1. The molecule has 0 aromatic heterocycles. The molecule has 2 aromatic carbocycles. The van der Waals surface area contributed by atoms with Crippen molar-refractivity contribution in [3.8, 4) is 0 Å². The van der Waals surface area contributed by atoms with E-state index in [0.29, 0.717) is 6.61 Å². The molecule has 0 amide bonds. The van der Waals surface area contributed by atoms with E-state index in [4.69, 9.17) is 16.3 Å². The predicted molar refractivity (Wildman–Crippen MR) is 83.6 cm³/mol. The van der Waals surface area contributed by atoms with Gasteiger partial charge in [0.1, 0.15) is 0 Å². The van der Waals surface area contributed by atoms with Crippen LogP contribution in [0.15, 0.2) is 46.9 Å². The molecule has 2 aromatic rings. The van der Waals surface area contributed by atoms with Crippen LogP contribution in [0.25, 0.3) is 0 Å². The molecule has 0 spiro atoms. The van der Waals surface area contributed by atoms with Crippen molar-refractivity contribution in [2.24, 2.45) is 0 Å².